The van der Waals surface area contributed by atoms with Crippen LogP contribution in [-0.2, 0) is 0 Å². The van der Waals surface area contributed by atoms with Crippen LogP contribution < -0.4 is 11.5 Å². The maximum Gasteiger partial charge on any atom is 0.141 e. The van der Waals surface area contributed by atoms with Crippen LogP contribution in [0.15, 0.2) is 12.1 Å². The monoisotopic (exact) mass is 342 g/mol. The molecule has 0 saturated heterocycles. The lowest BCUT2D eigenvalue weighted by molar-refractivity contribution is 0.472. The Morgan fingerprint density at radius 1 is 0.840 bits per heavy atom. The van der Waals surface area contributed by atoms with Gasteiger partial charge in [-0.2, -0.15) is 0 Å². The first-order valence-corrected chi connectivity index (χ1v) is 8.87. The first-order valence-electron chi connectivity index (χ1n) is 8.87. The van der Waals surface area contributed by atoms with Gasteiger partial charge in [0, 0.05) is 5.92 Å². The summed E-state index contributed by atoms with van der Waals surface area (Å²) >= 11 is 0. The number of phenolic OH excluding ortho intramolecular Hbond substituents is 2. The molecule has 4 heteroatoms. The molecule has 0 aliphatic heterocycles. The van der Waals surface area contributed by atoms with Crippen LogP contribution in [0.3, 0.4) is 0 Å². The summed E-state index contributed by atoms with van der Waals surface area (Å²) in [5.41, 5.74) is 18.8. The SMILES string of the molecule is CCCCC(c1cc(C)c(O)c(N)c1C)c1cc(C)c(O)c(N)c1C. The molecule has 0 atom stereocenters. The zero-order valence-corrected chi connectivity index (χ0v) is 15.9. The number of benzene rings is 2. The lowest BCUT2D eigenvalue weighted by atomic mass is 9.80. The first-order chi connectivity index (χ1) is 11.7. The molecular formula is C21H30N2O2. The molecule has 0 aliphatic rings. The second kappa shape index (κ2) is 7.26. The lowest BCUT2D eigenvalue weighted by Gasteiger charge is -2.25. The summed E-state index contributed by atoms with van der Waals surface area (Å²) in [7, 11) is 0. The van der Waals surface area contributed by atoms with E-state index >= 15 is 0 Å². The number of phenols is 2. The maximum absolute atomic E-state index is 10.1. The number of unbranched alkanes of at least 4 members (excludes halogenated alkanes) is 1. The average molecular weight is 342 g/mol. The minimum absolute atomic E-state index is 0.128. The van der Waals surface area contributed by atoms with Gasteiger partial charge in [-0.15, -0.1) is 0 Å². The van der Waals surface area contributed by atoms with Gasteiger partial charge in [-0.05, 0) is 67.5 Å². The smallest absolute Gasteiger partial charge is 0.141 e. The van der Waals surface area contributed by atoms with E-state index in [4.69, 9.17) is 11.5 Å². The van der Waals surface area contributed by atoms with Gasteiger partial charge in [-0.1, -0.05) is 31.9 Å². The van der Waals surface area contributed by atoms with Gasteiger partial charge >= 0.3 is 0 Å². The molecule has 0 saturated carbocycles. The molecule has 0 bridgehead atoms. The van der Waals surface area contributed by atoms with Gasteiger partial charge in [0.1, 0.15) is 11.5 Å². The van der Waals surface area contributed by atoms with Gasteiger partial charge < -0.3 is 21.7 Å². The molecule has 6 N–H and O–H groups in total. The Hall–Kier alpha value is -2.36. The van der Waals surface area contributed by atoms with E-state index in [0.29, 0.717) is 11.4 Å². The van der Waals surface area contributed by atoms with Crippen LogP contribution >= 0.6 is 0 Å². The Kier molecular flexibility index (Phi) is 5.51. The molecule has 2 aromatic carbocycles. The van der Waals surface area contributed by atoms with Crippen molar-refractivity contribution in [2.45, 2.75) is 59.8 Å². The molecule has 0 fully saturated rings. The molecule has 0 unspecified atom stereocenters. The van der Waals surface area contributed by atoms with Crippen LogP contribution in [0.1, 0.15) is 65.5 Å². The molecule has 0 aliphatic carbocycles. The van der Waals surface area contributed by atoms with E-state index in [-0.39, 0.29) is 17.4 Å². The fourth-order valence-corrected chi connectivity index (χ4v) is 3.52. The second-order valence-corrected chi connectivity index (χ2v) is 7.03. The van der Waals surface area contributed by atoms with Gasteiger partial charge in [-0.3, -0.25) is 0 Å². The van der Waals surface area contributed by atoms with E-state index < -0.39 is 0 Å². The number of hydrogen-bond acceptors (Lipinski definition) is 4. The van der Waals surface area contributed by atoms with Gasteiger partial charge in [0.2, 0.25) is 0 Å². The molecule has 2 rings (SSSR count). The predicted molar refractivity (Wildman–Crippen MR) is 105 cm³/mol. The van der Waals surface area contributed by atoms with Crippen LogP contribution in [0.2, 0.25) is 0 Å². The van der Waals surface area contributed by atoms with E-state index in [1.807, 2.05) is 39.8 Å². The summed E-state index contributed by atoms with van der Waals surface area (Å²) in [4.78, 5) is 0. The number of nitrogen functional groups attached to an aromatic ring is 2. The zero-order valence-electron chi connectivity index (χ0n) is 15.9. The second-order valence-electron chi connectivity index (χ2n) is 7.03. The van der Waals surface area contributed by atoms with E-state index in [1.165, 1.54) is 0 Å². The third-order valence-electron chi connectivity index (χ3n) is 5.27. The number of hydrogen-bond donors (Lipinski definition) is 4. The van der Waals surface area contributed by atoms with Crippen molar-refractivity contribution >= 4 is 11.4 Å². The molecule has 136 valence electrons. The molecule has 4 nitrogen and oxygen atoms in total. The molecule has 2 aromatic rings. The normalized spacial score (nSPS) is 11.3. The summed E-state index contributed by atoms with van der Waals surface area (Å²) in [6.07, 6.45) is 3.13. The third-order valence-corrected chi connectivity index (χ3v) is 5.27. The van der Waals surface area contributed by atoms with Gasteiger partial charge in [0.15, 0.2) is 0 Å². The van der Waals surface area contributed by atoms with Gasteiger partial charge in [0.05, 0.1) is 11.4 Å². The van der Waals surface area contributed by atoms with Crippen LogP contribution in [0, 0.1) is 27.7 Å². The minimum Gasteiger partial charge on any atom is -0.506 e. The third kappa shape index (κ3) is 3.39. The summed E-state index contributed by atoms with van der Waals surface area (Å²) in [6, 6.07) is 4.05. The summed E-state index contributed by atoms with van der Waals surface area (Å²) < 4.78 is 0. The standard InChI is InChI=1S/C21H30N2O2/c1-6-7-8-15(16-9-11(2)20(24)18(22)13(16)4)17-10-12(3)21(25)19(23)14(17)5/h9-10,15,24-25H,6-8,22-23H2,1-5H3. The Balaban J connectivity index is 2.71. The Morgan fingerprint density at radius 2 is 1.24 bits per heavy atom. The maximum atomic E-state index is 10.1. The van der Waals surface area contributed by atoms with E-state index in [0.717, 1.165) is 52.6 Å². The van der Waals surface area contributed by atoms with Crippen molar-refractivity contribution in [2.24, 2.45) is 0 Å². The zero-order chi connectivity index (χ0) is 18.9. The molecule has 0 radical (unpaired) electrons. The van der Waals surface area contributed by atoms with Crippen molar-refractivity contribution in [1.82, 2.24) is 0 Å². The number of anilines is 2. The number of rotatable bonds is 5. The highest BCUT2D eigenvalue weighted by molar-refractivity contribution is 5.68. The first kappa shape index (κ1) is 19.0. The molecule has 0 spiro atoms. The Morgan fingerprint density at radius 3 is 1.60 bits per heavy atom. The largest absolute Gasteiger partial charge is 0.506 e. The summed E-state index contributed by atoms with van der Waals surface area (Å²) in [5.74, 6) is 0.449. The molecule has 0 amide bonds. The molecule has 0 aromatic heterocycles. The number of nitrogens with two attached hydrogens (primary N) is 2. The van der Waals surface area contributed by atoms with Crippen molar-refractivity contribution in [3.63, 3.8) is 0 Å². The topological polar surface area (TPSA) is 92.5 Å². The van der Waals surface area contributed by atoms with Gasteiger partial charge in [0.25, 0.3) is 0 Å². The van der Waals surface area contributed by atoms with Crippen molar-refractivity contribution < 1.29 is 10.2 Å². The van der Waals surface area contributed by atoms with Crippen molar-refractivity contribution in [1.29, 1.82) is 0 Å². The molecule has 25 heavy (non-hydrogen) atoms. The number of aryl methyl sites for hydroxylation is 2. The average Bonchev–Trinajstić information content (AvgIpc) is 2.59. The van der Waals surface area contributed by atoms with E-state index in [1.54, 1.807) is 0 Å². The lowest BCUT2D eigenvalue weighted by Crippen LogP contribution is -2.10. The quantitative estimate of drug-likeness (QED) is 0.463. The fraction of sp³-hybridized carbons (Fsp3) is 0.429. The van der Waals surface area contributed by atoms with Crippen LogP contribution in [0.25, 0.3) is 0 Å². The van der Waals surface area contributed by atoms with E-state index in [9.17, 15) is 10.2 Å². The molecule has 0 heterocycles. The van der Waals surface area contributed by atoms with Crippen molar-refractivity contribution in [3.8, 4) is 11.5 Å². The van der Waals surface area contributed by atoms with Crippen LogP contribution in [0.4, 0.5) is 11.4 Å². The van der Waals surface area contributed by atoms with Crippen molar-refractivity contribution in [2.75, 3.05) is 11.5 Å². The molecular weight excluding hydrogens is 312 g/mol. The Bertz CT molecular complexity index is 734. The van der Waals surface area contributed by atoms with Crippen LogP contribution in [0.5, 0.6) is 11.5 Å². The minimum atomic E-state index is 0.128. The number of aromatic hydroxyl groups is 2. The highest BCUT2D eigenvalue weighted by Gasteiger charge is 2.23. The summed E-state index contributed by atoms with van der Waals surface area (Å²) in [5, 5.41) is 20.3. The van der Waals surface area contributed by atoms with Crippen molar-refractivity contribution in [3.05, 3.63) is 45.5 Å². The predicted octanol–water partition coefficient (Wildman–Crippen LogP) is 4.82. The fourth-order valence-electron chi connectivity index (χ4n) is 3.52. The van der Waals surface area contributed by atoms with Crippen LogP contribution in [-0.4, -0.2) is 10.2 Å². The highest BCUT2D eigenvalue weighted by Crippen LogP contribution is 2.42. The summed E-state index contributed by atoms with van der Waals surface area (Å²) in [6.45, 7) is 9.82. The van der Waals surface area contributed by atoms with Gasteiger partial charge in [-0.25, -0.2) is 0 Å². The van der Waals surface area contributed by atoms with E-state index in [2.05, 4.69) is 6.92 Å². The highest BCUT2D eigenvalue weighted by atomic mass is 16.3. The Labute approximate surface area is 150 Å².